The van der Waals surface area contributed by atoms with Gasteiger partial charge in [0.25, 0.3) is 5.91 Å². The van der Waals surface area contributed by atoms with Crippen molar-refractivity contribution < 1.29 is 18.3 Å². The van der Waals surface area contributed by atoms with E-state index in [1.165, 1.54) is 11.0 Å². The van der Waals surface area contributed by atoms with Crippen LogP contribution in [0, 0.1) is 11.6 Å². The first-order valence-electron chi connectivity index (χ1n) is 5.11. The molecular formula is C11H10BrF2NO2. The Bertz CT molecular complexity index is 447. The number of carbonyl (C=O) groups is 1. The van der Waals surface area contributed by atoms with Crippen molar-refractivity contribution in [2.45, 2.75) is 0 Å². The van der Waals surface area contributed by atoms with Gasteiger partial charge in [-0.3, -0.25) is 4.79 Å². The molecule has 1 saturated heterocycles. The molecule has 1 aromatic rings. The number of benzene rings is 1. The summed E-state index contributed by atoms with van der Waals surface area (Å²) in [6.07, 6.45) is 0. The van der Waals surface area contributed by atoms with E-state index < -0.39 is 17.5 Å². The van der Waals surface area contributed by atoms with Crippen LogP contribution in [-0.2, 0) is 4.74 Å². The maximum Gasteiger partial charge on any atom is 0.257 e. The molecule has 2 rings (SSSR count). The van der Waals surface area contributed by atoms with Crippen molar-refractivity contribution in [2.75, 3.05) is 26.3 Å². The van der Waals surface area contributed by atoms with E-state index in [-0.39, 0.29) is 10.0 Å². The van der Waals surface area contributed by atoms with E-state index in [1.54, 1.807) is 0 Å². The van der Waals surface area contributed by atoms with Crippen LogP contribution in [0.1, 0.15) is 10.4 Å². The number of nitrogens with zero attached hydrogens (tertiary/aromatic N) is 1. The van der Waals surface area contributed by atoms with E-state index in [2.05, 4.69) is 15.9 Å². The zero-order valence-electron chi connectivity index (χ0n) is 8.88. The molecule has 1 amide bonds. The first-order chi connectivity index (χ1) is 8.09. The molecule has 1 aliphatic rings. The zero-order chi connectivity index (χ0) is 12.4. The van der Waals surface area contributed by atoms with Crippen LogP contribution in [0.2, 0.25) is 0 Å². The van der Waals surface area contributed by atoms with Gasteiger partial charge in [0, 0.05) is 19.2 Å². The normalized spacial score (nSPS) is 16.1. The van der Waals surface area contributed by atoms with Crippen LogP contribution < -0.4 is 0 Å². The van der Waals surface area contributed by atoms with Gasteiger partial charge in [0.05, 0.1) is 23.2 Å². The molecule has 1 aromatic carbocycles. The van der Waals surface area contributed by atoms with Gasteiger partial charge in [0.2, 0.25) is 0 Å². The highest BCUT2D eigenvalue weighted by molar-refractivity contribution is 9.10. The average molecular weight is 306 g/mol. The summed E-state index contributed by atoms with van der Waals surface area (Å²) in [6.45, 7) is 1.73. The number of morpholine rings is 1. The van der Waals surface area contributed by atoms with Crippen LogP contribution in [0.5, 0.6) is 0 Å². The molecule has 0 unspecified atom stereocenters. The van der Waals surface area contributed by atoms with Crippen LogP contribution in [0.25, 0.3) is 0 Å². The third-order valence-electron chi connectivity index (χ3n) is 2.54. The number of carbonyl (C=O) groups excluding carboxylic acids is 1. The summed E-state index contributed by atoms with van der Waals surface area (Å²) in [5.41, 5.74) is -0.125. The lowest BCUT2D eigenvalue weighted by molar-refractivity contribution is 0.0299. The molecule has 0 aliphatic carbocycles. The minimum absolute atomic E-state index is 0.0792. The predicted octanol–water partition coefficient (Wildman–Crippen LogP) is 2.20. The molecule has 0 radical (unpaired) electrons. The highest BCUT2D eigenvalue weighted by Crippen LogP contribution is 2.21. The summed E-state index contributed by atoms with van der Waals surface area (Å²) in [6, 6.07) is 1.88. The molecule has 92 valence electrons. The molecule has 1 fully saturated rings. The predicted molar refractivity (Wildman–Crippen MR) is 60.8 cm³/mol. The molecule has 0 atom stereocenters. The number of hydrogen-bond acceptors (Lipinski definition) is 2. The summed E-state index contributed by atoms with van der Waals surface area (Å²) in [5, 5.41) is 0. The van der Waals surface area contributed by atoms with Gasteiger partial charge in [-0.05, 0) is 22.0 Å². The van der Waals surface area contributed by atoms with Crippen molar-refractivity contribution in [1.29, 1.82) is 0 Å². The van der Waals surface area contributed by atoms with Crippen molar-refractivity contribution in [1.82, 2.24) is 4.90 Å². The second-order valence-electron chi connectivity index (χ2n) is 3.65. The van der Waals surface area contributed by atoms with Crippen LogP contribution >= 0.6 is 15.9 Å². The maximum atomic E-state index is 13.5. The number of hydrogen-bond donors (Lipinski definition) is 0. The summed E-state index contributed by atoms with van der Waals surface area (Å²) >= 11 is 2.94. The second-order valence-corrected chi connectivity index (χ2v) is 4.51. The van der Waals surface area contributed by atoms with Gasteiger partial charge in [0.15, 0.2) is 0 Å². The van der Waals surface area contributed by atoms with Crippen molar-refractivity contribution in [3.63, 3.8) is 0 Å². The van der Waals surface area contributed by atoms with Crippen molar-refractivity contribution in [3.8, 4) is 0 Å². The Kier molecular flexibility index (Phi) is 3.73. The molecule has 1 heterocycles. The van der Waals surface area contributed by atoms with Gasteiger partial charge >= 0.3 is 0 Å². The van der Waals surface area contributed by atoms with Gasteiger partial charge in [-0.15, -0.1) is 0 Å². The Morgan fingerprint density at radius 3 is 2.53 bits per heavy atom. The molecule has 0 spiro atoms. The van der Waals surface area contributed by atoms with E-state index in [9.17, 15) is 13.6 Å². The number of halogens is 3. The summed E-state index contributed by atoms with van der Waals surface area (Å²) in [7, 11) is 0. The van der Waals surface area contributed by atoms with E-state index in [1.807, 2.05) is 0 Å². The molecule has 3 nitrogen and oxygen atoms in total. The van der Waals surface area contributed by atoms with Gasteiger partial charge in [-0.25, -0.2) is 8.78 Å². The van der Waals surface area contributed by atoms with E-state index in [4.69, 9.17) is 4.74 Å². The number of rotatable bonds is 1. The fourth-order valence-corrected chi connectivity index (χ4v) is 1.97. The van der Waals surface area contributed by atoms with Crippen LogP contribution in [0.3, 0.4) is 0 Å². The first kappa shape index (κ1) is 12.4. The largest absolute Gasteiger partial charge is 0.378 e. The van der Waals surface area contributed by atoms with Crippen molar-refractivity contribution >= 4 is 21.8 Å². The second kappa shape index (κ2) is 5.10. The van der Waals surface area contributed by atoms with Crippen LogP contribution in [0.15, 0.2) is 16.6 Å². The van der Waals surface area contributed by atoms with Crippen LogP contribution in [-0.4, -0.2) is 37.1 Å². The lowest BCUT2D eigenvalue weighted by Crippen LogP contribution is -2.41. The fourth-order valence-electron chi connectivity index (χ4n) is 1.62. The maximum absolute atomic E-state index is 13.5. The Hall–Kier alpha value is -1.01. The van der Waals surface area contributed by atoms with Crippen molar-refractivity contribution in [2.24, 2.45) is 0 Å². The van der Waals surface area contributed by atoms with Gasteiger partial charge in [0.1, 0.15) is 11.6 Å². The smallest absolute Gasteiger partial charge is 0.257 e. The van der Waals surface area contributed by atoms with E-state index >= 15 is 0 Å². The molecule has 6 heteroatoms. The molecule has 0 aromatic heterocycles. The molecular weight excluding hydrogens is 296 g/mol. The third-order valence-corrected chi connectivity index (χ3v) is 3.15. The SMILES string of the molecule is O=C(c1cc(Br)c(F)cc1F)N1CCOCC1. The summed E-state index contributed by atoms with van der Waals surface area (Å²) in [4.78, 5) is 13.5. The lowest BCUT2D eigenvalue weighted by Gasteiger charge is -2.27. The number of ether oxygens (including phenoxy) is 1. The van der Waals surface area contributed by atoms with Gasteiger partial charge in [-0.1, -0.05) is 0 Å². The molecule has 0 N–H and O–H groups in total. The van der Waals surface area contributed by atoms with Crippen molar-refractivity contribution in [3.05, 3.63) is 33.8 Å². The quantitative estimate of drug-likeness (QED) is 0.745. The minimum atomic E-state index is -0.845. The van der Waals surface area contributed by atoms with E-state index in [0.29, 0.717) is 32.4 Å². The molecule has 0 bridgehead atoms. The molecule has 1 aliphatic heterocycles. The zero-order valence-corrected chi connectivity index (χ0v) is 10.5. The first-order valence-corrected chi connectivity index (χ1v) is 5.90. The molecule has 17 heavy (non-hydrogen) atoms. The average Bonchev–Trinajstić information content (AvgIpc) is 2.34. The Balaban J connectivity index is 2.26. The third kappa shape index (κ3) is 2.63. The molecule has 0 saturated carbocycles. The highest BCUT2D eigenvalue weighted by Gasteiger charge is 2.22. The monoisotopic (exact) mass is 305 g/mol. The van der Waals surface area contributed by atoms with Crippen LogP contribution in [0.4, 0.5) is 8.78 Å². The highest BCUT2D eigenvalue weighted by atomic mass is 79.9. The Morgan fingerprint density at radius 1 is 1.24 bits per heavy atom. The van der Waals surface area contributed by atoms with Gasteiger partial charge in [-0.2, -0.15) is 0 Å². The Morgan fingerprint density at radius 2 is 1.88 bits per heavy atom. The minimum Gasteiger partial charge on any atom is -0.378 e. The topological polar surface area (TPSA) is 29.5 Å². The summed E-state index contributed by atoms with van der Waals surface area (Å²) < 4.78 is 31.7. The summed E-state index contributed by atoms with van der Waals surface area (Å²) in [5.74, 6) is -2.00. The lowest BCUT2D eigenvalue weighted by atomic mass is 10.1. The Labute approximate surface area is 105 Å². The van der Waals surface area contributed by atoms with E-state index in [0.717, 1.165) is 0 Å². The van der Waals surface area contributed by atoms with Gasteiger partial charge < -0.3 is 9.64 Å². The standard InChI is InChI=1S/C11H10BrF2NO2/c12-8-5-7(9(13)6-10(8)14)11(16)15-1-3-17-4-2-15/h5-6H,1-4H2. The fraction of sp³-hybridized carbons (Fsp3) is 0.364. The number of amides is 1.